The lowest BCUT2D eigenvalue weighted by Gasteiger charge is -2.27. The molecule has 1 aliphatic rings. The maximum absolute atomic E-state index is 13.0. The molecule has 31 heavy (non-hydrogen) atoms. The van der Waals surface area contributed by atoms with Crippen LogP contribution in [0.25, 0.3) is 10.8 Å². The molecule has 2 N–H and O–H groups in total. The Labute approximate surface area is 186 Å². The Balaban J connectivity index is 1.87. The van der Waals surface area contributed by atoms with Crippen LogP contribution in [0.1, 0.15) is 68.8 Å². The second-order valence-electron chi connectivity index (χ2n) is 8.38. The molecular weight excluding hydrogens is 420 g/mol. The van der Waals surface area contributed by atoms with E-state index in [0.717, 1.165) is 25.7 Å². The van der Waals surface area contributed by atoms with E-state index in [4.69, 9.17) is 16.3 Å². The topological polar surface area (TPSA) is 97.6 Å². The van der Waals surface area contributed by atoms with Crippen molar-refractivity contribution in [2.24, 2.45) is 0 Å². The van der Waals surface area contributed by atoms with Gasteiger partial charge in [-0.25, -0.2) is 0 Å². The molecule has 0 aliphatic heterocycles. The summed E-state index contributed by atoms with van der Waals surface area (Å²) in [4.78, 5) is 37.1. The molecule has 1 amide bonds. The molecule has 0 radical (unpaired) electrons. The SMILES string of the molecule is CC(=O)OC[C@@H](C)n1ccc2c(C(=O)NCC3(O)CCCCCC3)c(Cl)ccc2c1=O. The van der Waals surface area contributed by atoms with Crippen LogP contribution in [0.15, 0.2) is 29.2 Å². The highest BCUT2D eigenvalue weighted by Crippen LogP contribution is 2.28. The number of halogens is 1. The van der Waals surface area contributed by atoms with E-state index in [9.17, 15) is 19.5 Å². The third kappa shape index (κ3) is 5.46. The van der Waals surface area contributed by atoms with Crippen molar-refractivity contribution in [3.05, 3.63) is 45.3 Å². The van der Waals surface area contributed by atoms with Crippen molar-refractivity contribution in [3.8, 4) is 0 Å². The predicted molar refractivity (Wildman–Crippen MR) is 120 cm³/mol. The number of amides is 1. The van der Waals surface area contributed by atoms with Gasteiger partial charge >= 0.3 is 5.97 Å². The van der Waals surface area contributed by atoms with Gasteiger partial charge in [0.05, 0.1) is 22.2 Å². The fourth-order valence-electron chi connectivity index (χ4n) is 4.11. The van der Waals surface area contributed by atoms with E-state index in [-0.39, 0.29) is 35.3 Å². The zero-order valence-corrected chi connectivity index (χ0v) is 18.7. The highest BCUT2D eigenvalue weighted by Gasteiger charge is 2.29. The fraction of sp³-hybridized carbons (Fsp3) is 0.522. The van der Waals surface area contributed by atoms with Crippen LogP contribution in [-0.4, -0.2) is 40.3 Å². The van der Waals surface area contributed by atoms with E-state index in [1.54, 1.807) is 25.3 Å². The van der Waals surface area contributed by atoms with E-state index in [0.29, 0.717) is 23.6 Å². The predicted octanol–water partition coefficient (Wildman–Crippen LogP) is 3.59. The highest BCUT2D eigenvalue weighted by molar-refractivity contribution is 6.35. The summed E-state index contributed by atoms with van der Waals surface area (Å²) in [6.45, 7) is 3.30. The molecule has 3 rings (SSSR count). The van der Waals surface area contributed by atoms with E-state index < -0.39 is 17.5 Å². The molecule has 1 aliphatic carbocycles. The van der Waals surface area contributed by atoms with Crippen molar-refractivity contribution in [2.45, 2.75) is 64.0 Å². The number of rotatable bonds is 6. The second-order valence-corrected chi connectivity index (χ2v) is 8.79. The van der Waals surface area contributed by atoms with Crippen LogP contribution < -0.4 is 10.9 Å². The Bertz CT molecular complexity index is 1020. The summed E-state index contributed by atoms with van der Waals surface area (Å²) in [6, 6.07) is 4.42. The van der Waals surface area contributed by atoms with Crippen molar-refractivity contribution in [1.29, 1.82) is 0 Å². The average Bonchev–Trinajstić information content (AvgIpc) is 2.95. The average molecular weight is 449 g/mol. The largest absolute Gasteiger partial charge is 0.464 e. The number of carbonyl (C=O) groups is 2. The normalized spacial score (nSPS) is 17.0. The van der Waals surface area contributed by atoms with Gasteiger partial charge in [0.15, 0.2) is 0 Å². The first-order valence-electron chi connectivity index (χ1n) is 10.7. The van der Waals surface area contributed by atoms with Gasteiger partial charge in [-0.2, -0.15) is 0 Å². The third-order valence-electron chi connectivity index (χ3n) is 5.90. The standard InChI is InChI=1S/C23H29ClN2O5/c1-15(13-31-16(2)27)26-12-9-17-18(22(26)29)7-8-19(24)20(17)21(28)25-14-23(30)10-5-3-4-6-11-23/h7-9,12,15,30H,3-6,10-11,13-14H2,1-2H3,(H,25,28)/t15-/m1/s1. The van der Waals surface area contributed by atoms with Crippen LogP contribution in [0.5, 0.6) is 0 Å². The van der Waals surface area contributed by atoms with Crippen LogP contribution in [0, 0.1) is 0 Å². The van der Waals surface area contributed by atoms with Crippen LogP contribution in [0.2, 0.25) is 5.02 Å². The summed E-state index contributed by atoms with van der Waals surface area (Å²) in [6.07, 6.45) is 6.94. The van der Waals surface area contributed by atoms with Gasteiger partial charge in [0.2, 0.25) is 0 Å². The molecule has 7 nitrogen and oxygen atoms in total. The molecule has 0 saturated heterocycles. The number of hydrogen-bond acceptors (Lipinski definition) is 5. The van der Waals surface area contributed by atoms with E-state index in [2.05, 4.69) is 5.32 Å². The summed E-state index contributed by atoms with van der Waals surface area (Å²) in [5.74, 6) is -0.833. The highest BCUT2D eigenvalue weighted by atomic mass is 35.5. The van der Waals surface area contributed by atoms with Crippen molar-refractivity contribution in [3.63, 3.8) is 0 Å². The number of nitrogens with one attached hydrogen (secondary N) is 1. The number of pyridine rings is 1. The number of ether oxygens (including phenoxy) is 1. The lowest BCUT2D eigenvalue weighted by atomic mass is 9.94. The van der Waals surface area contributed by atoms with Gasteiger partial charge in [0.25, 0.3) is 11.5 Å². The number of aromatic nitrogens is 1. The summed E-state index contributed by atoms with van der Waals surface area (Å²) >= 11 is 6.33. The summed E-state index contributed by atoms with van der Waals surface area (Å²) < 4.78 is 6.47. The molecule has 0 spiro atoms. The number of aliphatic hydroxyl groups is 1. The minimum Gasteiger partial charge on any atom is -0.464 e. The van der Waals surface area contributed by atoms with Gasteiger partial charge in [-0.15, -0.1) is 0 Å². The molecule has 1 atom stereocenters. The molecule has 1 fully saturated rings. The van der Waals surface area contributed by atoms with Crippen molar-refractivity contribution in [2.75, 3.05) is 13.2 Å². The summed E-state index contributed by atoms with van der Waals surface area (Å²) in [5.41, 5.74) is -0.999. The third-order valence-corrected chi connectivity index (χ3v) is 6.22. The smallest absolute Gasteiger partial charge is 0.302 e. The Morgan fingerprint density at radius 2 is 1.87 bits per heavy atom. The zero-order chi connectivity index (χ0) is 22.6. The number of esters is 1. The molecule has 1 aromatic heterocycles. The quantitative estimate of drug-likeness (QED) is 0.519. The van der Waals surface area contributed by atoms with Gasteiger partial charge in [0, 0.05) is 30.4 Å². The molecule has 168 valence electrons. The maximum atomic E-state index is 13.0. The number of fused-ring (bicyclic) bond motifs is 1. The maximum Gasteiger partial charge on any atom is 0.302 e. The number of benzene rings is 1. The lowest BCUT2D eigenvalue weighted by Crippen LogP contribution is -2.42. The Morgan fingerprint density at radius 3 is 2.52 bits per heavy atom. The van der Waals surface area contributed by atoms with Crippen LogP contribution >= 0.6 is 11.6 Å². The zero-order valence-electron chi connectivity index (χ0n) is 17.9. The van der Waals surface area contributed by atoms with Gasteiger partial charge in [-0.3, -0.25) is 14.4 Å². The molecule has 8 heteroatoms. The van der Waals surface area contributed by atoms with Crippen molar-refractivity contribution in [1.82, 2.24) is 9.88 Å². The van der Waals surface area contributed by atoms with Crippen molar-refractivity contribution >= 4 is 34.2 Å². The van der Waals surface area contributed by atoms with Gasteiger partial charge in [0.1, 0.15) is 6.61 Å². The Hall–Kier alpha value is -2.38. The molecular formula is C23H29ClN2O5. The van der Waals surface area contributed by atoms with Gasteiger partial charge in [-0.05, 0) is 38.0 Å². The lowest BCUT2D eigenvalue weighted by molar-refractivity contribution is -0.141. The first-order chi connectivity index (χ1) is 14.7. The number of hydrogen-bond donors (Lipinski definition) is 2. The van der Waals surface area contributed by atoms with Crippen LogP contribution in [-0.2, 0) is 9.53 Å². The fourth-order valence-corrected chi connectivity index (χ4v) is 4.36. The van der Waals surface area contributed by atoms with E-state index >= 15 is 0 Å². The molecule has 1 aromatic carbocycles. The molecule has 1 saturated carbocycles. The minimum absolute atomic E-state index is 0.0697. The summed E-state index contributed by atoms with van der Waals surface area (Å²) in [5, 5.41) is 14.7. The van der Waals surface area contributed by atoms with Crippen LogP contribution in [0.3, 0.4) is 0 Å². The van der Waals surface area contributed by atoms with Gasteiger partial charge in [-0.1, -0.05) is 37.3 Å². The number of nitrogens with zero attached hydrogens (tertiary/aromatic N) is 1. The molecule has 0 unspecified atom stereocenters. The second kappa shape index (κ2) is 9.83. The Kier molecular flexibility index (Phi) is 7.38. The Morgan fingerprint density at radius 1 is 1.19 bits per heavy atom. The van der Waals surface area contributed by atoms with E-state index in [1.165, 1.54) is 17.6 Å². The first-order valence-corrected chi connectivity index (χ1v) is 11.1. The minimum atomic E-state index is -0.915. The number of carbonyl (C=O) groups excluding carboxylic acids is 2. The van der Waals surface area contributed by atoms with Crippen LogP contribution in [0.4, 0.5) is 0 Å². The monoisotopic (exact) mass is 448 g/mol. The van der Waals surface area contributed by atoms with Crippen molar-refractivity contribution < 1.29 is 19.4 Å². The van der Waals surface area contributed by atoms with E-state index in [1.807, 2.05) is 0 Å². The molecule has 2 aromatic rings. The summed E-state index contributed by atoms with van der Waals surface area (Å²) in [7, 11) is 0. The molecule has 0 bridgehead atoms. The molecule has 1 heterocycles. The first kappa shape index (κ1) is 23.3. The van der Waals surface area contributed by atoms with Gasteiger partial charge < -0.3 is 19.7 Å².